The Morgan fingerprint density at radius 2 is 1.94 bits per heavy atom. The fraction of sp³-hybridized carbons (Fsp3) is 0.692. The molecule has 0 saturated carbocycles. The second-order valence-corrected chi connectivity index (χ2v) is 5.96. The molecule has 0 spiro atoms. The molecule has 2 aromatic heterocycles. The zero-order valence-corrected chi connectivity index (χ0v) is 12.5. The first-order valence-corrected chi connectivity index (χ1v) is 6.89. The summed E-state index contributed by atoms with van der Waals surface area (Å²) < 4.78 is 4.12. The Bertz CT molecular complexity index is 551. The number of aromatic nitrogens is 4. The van der Waals surface area contributed by atoms with Crippen molar-refractivity contribution in [1.82, 2.24) is 19.3 Å². The van der Waals surface area contributed by atoms with E-state index in [-0.39, 0.29) is 5.38 Å². The van der Waals surface area contributed by atoms with Gasteiger partial charge in [-0.05, 0) is 26.2 Å². The van der Waals surface area contributed by atoms with E-state index in [1.54, 1.807) is 0 Å². The third-order valence-electron chi connectivity index (χ3n) is 3.21. The van der Waals surface area contributed by atoms with Gasteiger partial charge in [0, 0.05) is 13.6 Å². The molecule has 0 amide bonds. The molecule has 100 valence electrons. The quantitative estimate of drug-likeness (QED) is 0.797. The minimum atomic E-state index is -0.0797. The number of aryl methyl sites for hydroxylation is 3. The van der Waals surface area contributed by atoms with Crippen LogP contribution in [0.1, 0.15) is 44.1 Å². The van der Waals surface area contributed by atoms with Crippen LogP contribution < -0.4 is 0 Å². The Kier molecular flexibility index (Phi) is 3.66. The third kappa shape index (κ3) is 2.26. The number of hydrogen-bond donors (Lipinski definition) is 0. The van der Waals surface area contributed by atoms with E-state index in [4.69, 9.17) is 11.6 Å². The average molecular weight is 269 g/mol. The van der Waals surface area contributed by atoms with E-state index in [1.807, 2.05) is 25.6 Å². The molecule has 0 fully saturated rings. The second kappa shape index (κ2) is 4.92. The zero-order chi connectivity index (χ0) is 13.4. The summed E-state index contributed by atoms with van der Waals surface area (Å²) in [6.07, 6.45) is 1.12. The van der Waals surface area contributed by atoms with Crippen LogP contribution in [-0.4, -0.2) is 19.3 Å². The summed E-state index contributed by atoms with van der Waals surface area (Å²) in [6, 6.07) is 0. The van der Waals surface area contributed by atoms with Crippen LogP contribution in [0.25, 0.3) is 11.2 Å². The van der Waals surface area contributed by atoms with Crippen LogP contribution in [0.3, 0.4) is 0 Å². The summed E-state index contributed by atoms with van der Waals surface area (Å²) in [5.41, 5.74) is 3.02. The Morgan fingerprint density at radius 1 is 1.28 bits per heavy atom. The number of nitrogens with zero attached hydrogens (tertiary/aromatic N) is 4. The van der Waals surface area contributed by atoms with Crippen molar-refractivity contribution in [3.05, 3.63) is 11.5 Å². The lowest BCUT2D eigenvalue weighted by molar-refractivity contribution is 0.506. The maximum Gasteiger partial charge on any atom is 0.158 e. The predicted molar refractivity (Wildman–Crippen MR) is 75.0 cm³/mol. The van der Waals surface area contributed by atoms with Crippen molar-refractivity contribution in [3.8, 4) is 0 Å². The molecule has 0 aliphatic carbocycles. The van der Waals surface area contributed by atoms with Gasteiger partial charge < -0.3 is 4.57 Å². The summed E-state index contributed by atoms with van der Waals surface area (Å²) in [4.78, 5) is 4.66. The van der Waals surface area contributed by atoms with Crippen LogP contribution in [0, 0.1) is 12.8 Å². The molecule has 5 heteroatoms. The molecule has 1 atom stereocenters. The molecule has 2 aromatic rings. The van der Waals surface area contributed by atoms with Crippen molar-refractivity contribution in [2.45, 2.75) is 46.0 Å². The van der Waals surface area contributed by atoms with Gasteiger partial charge in [0.25, 0.3) is 0 Å². The standard InChI is InChI=1S/C13H21ClN4/c1-8(2)6-7-18-12(9(3)14)15-11-10(4)16-17(5)13(11)18/h8-9H,6-7H2,1-5H3. The van der Waals surface area contributed by atoms with E-state index in [0.717, 1.165) is 35.6 Å². The molecule has 4 nitrogen and oxygen atoms in total. The Labute approximate surface area is 113 Å². The number of imidazole rings is 1. The van der Waals surface area contributed by atoms with E-state index in [0.29, 0.717) is 5.92 Å². The topological polar surface area (TPSA) is 35.6 Å². The van der Waals surface area contributed by atoms with Gasteiger partial charge in [-0.1, -0.05) is 13.8 Å². The SMILES string of the molecule is Cc1nn(C)c2c1nc(C(C)Cl)n2CCC(C)C. The Hall–Kier alpha value is -1.03. The molecule has 0 radical (unpaired) electrons. The van der Waals surface area contributed by atoms with E-state index in [1.165, 1.54) is 0 Å². The smallest absolute Gasteiger partial charge is 0.158 e. The first-order chi connectivity index (χ1) is 8.41. The lowest BCUT2D eigenvalue weighted by Gasteiger charge is -2.12. The molecule has 0 aromatic carbocycles. The second-order valence-electron chi connectivity index (χ2n) is 5.30. The van der Waals surface area contributed by atoms with Crippen molar-refractivity contribution >= 4 is 22.8 Å². The fourth-order valence-electron chi connectivity index (χ4n) is 2.26. The van der Waals surface area contributed by atoms with E-state index < -0.39 is 0 Å². The molecule has 0 bridgehead atoms. The molecule has 1 unspecified atom stereocenters. The molecule has 0 N–H and O–H groups in total. The number of hydrogen-bond acceptors (Lipinski definition) is 2. The first kappa shape index (κ1) is 13.4. The molecule has 0 aliphatic heterocycles. The van der Waals surface area contributed by atoms with Crippen molar-refractivity contribution in [2.75, 3.05) is 0 Å². The lowest BCUT2D eigenvalue weighted by Crippen LogP contribution is -2.09. The van der Waals surface area contributed by atoms with Gasteiger partial charge in [-0.2, -0.15) is 5.10 Å². The summed E-state index contributed by atoms with van der Waals surface area (Å²) in [5.74, 6) is 1.61. The summed E-state index contributed by atoms with van der Waals surface area (Å²) in [6.45, 7) is 9.36. The first-order valence-electron chi connectivity index (χ1n) is 6.45. The highest BCUT2D eigenvalue weighted by atomic mass is 35.5. The largest absolute Gasteiger partial charge is 0.312 e. The zero-order valence-electron chi connectivity index (χ0n) is 11.7. The number of halogens is 1. The van der Waals surface area contributed by atoms with Gasteiger partial charge >= 0.3 is 0 Å². The highest BCUT2D eigenvalue weighted by molar-refractivity contribution is 6.20. The van der Waals surface area contributed by atoms with Crippen LogP contribution in [0.4, 0.5) is 0 Å². The van der Waals surface area contributed by atoms with Crippen molar-refractivity contribution in [3.63, 3.8) is 0 Å². The minimum Gasteiger partial charge on any atom is -0.312 e. The number of alkyl halides is 1. The molecule has 2 heterocycles. The summed E-state index contributed by atoms with van der Waals surface area (Å²) >= 11 is 6.24. The van der Waals surface area contributed by atoms with Gasteiger partial charge in [0.05, 0.1) is 11.1 Å². The normalized spacial score (nSPS) is 13.7. The molecular weight excluding hydrogens is 248 g/mol. The van der Waals surface area contributed by atoms with Crippen LogP contribution >= 0.6 is 11.6 Å². The average Bonchev–Trinajstić information content (AvgIpc) is 2.76. The Morgan fingerprint density at radius 3 is 2.50 bits per heavy atom. The molecule has 18 heavy (non-hydrogen) atoms. The molecular formula is C13H21ClN4. The maximum absolute atomic E-state index is 6.24. The van der Waals surface area contributed by atoms with Crippen molar-refractivity contribution < 1.29 is 0 Å². The van der Waals surface area contributed by atoms with Crippen molar-refractivity contribution in [1.29, 1.82) is 0 Å². The summed E-state index contributed by atoms with van der Waals surface area (Å²) in [7, 11) is 1.96. The van der Waals surface area contributed by atoms with Gasteiger partial charge in [0.15, 0.2) is 5.65 Å². The fourth-order valence-corrected chi connectivity index (χ4v) is 2.43. The van der Waals surface area contributed by atoms with Crippen LogP contribution in [0.15, 0.2) is 0 Å². The van der Waals surface area contributed by atoms with Gasteiger partial charge in [0.1, 0.15) is 11.3 Å². The molecule has 0 saturated heterocycles. The highest BCUT2D eigenvalue weighted by Gasteiger charge is 2.19. The molecule has 2 rings (SSSR count). The van der Waals surface area contributed by atoms with Crippen LogP contribution in [-0.2, 0) is 13.6 Å². The summed E-state index contributed by atoms with van der Waals surface area (Å²) in [5, 5.41) is 4.35. The van der Waals surface area contributed by atoms with Crippen LogP contribution in [0.5, 0.6) is 0 Å². The van der Waals surface area contributed by atoms with Gasteiger partial charge in [-0.3, -0.25) is 4.68 Å². The highest BCUT2D eigenvalue weighted by Crippen LogP contribution is 2.26. The number of rotatable bonds is 4. The van der Waals surface area contributed by atoms with Crippen molar-refractivity contribution in [2.24, 2.45) is 13.0 Å². The number of fused-ring (bicyclic) bond motifs is 1. The van der Waals surface area contributed by atoms with Gasteiger partial charge in [0.2, 0.25) is 0 Å². The van der Waals surface area contributed by atoms with E-state index in [9.17, 15) is 0 Å². The van der Waals surface area contributed by atoms with E-state index in [2.05, 4.69) is 28.5 Å². The minimum absolute atomic E-state index is 0.0797. The van der Waals surface area contributed by atoms with E-state index >= 15 is 0 Å². The van der Waals surface area contributed by atoms with Gasteiger partial charge in [-0.25, -0.2) is 4.98 Å². The van der Waals surface area contributed by atoms with Crippen LogP contribution in [0.2, 0.25) is 0 Å². The monoisotopic (exact) mass is 268 g/mol. The Balaban J connectivity index is 2.54. The lowest BCUT2D eigenvalue weighted by atomic mass is 10.1. The molecule has 0 aliphatic rings. The maximum atomic E-state index is 6.24. The predicted octanol–water partition coefficient (Wildman–Crippen LogP) is 3.42. The third-order valence-corrected chi connectivity index (χ3v) is 3.40. The van der Waals surface area contributed by atoms with Gasteiger partial charge in [-0.15, -0.1) is 11.6 Å².